The molecule has 4 rings (SSSR count). The lowest BCUT2D eigenvalue weighted by molar-refractivity contribution is -0.137. The van der Waals surface area contributed by atoms with E-state index in [1.54, 1.807) is 0 Å². The molecule has 1 aromatic carbocycles. The second-order valence-electron chi connectivity index (χ2n) is 6.06. The molecule has 0 unspecified atom stereocenters. The van der Waals surface area contributed by atoms with Crippen LogP contribution in [0.25, 0.3) is 5.69 Å². The van der Waals surface area contributed by atoms with Gasteiger partial charge in [-0.25, -0.2) is 0 Å². The van der Waals surface area contributed by atoms with Crippen LogP contribution in [-0.4, -0.2) is 14.8 Å². The Morgan fingerprint density at radius 1 is 1.00 bits per heavy atom. The summed E-state index contributed by atoms with van der Waals surface area (Å²) in [7, 11) is 0. The van der Waals surface area contributed by atoms with Crippen LogP contribution in [0.4, 0.5) is 13.2 Å². The lowest BCUT2D eigenvalue weighted by Gasteiger charge is -2.12. The molecule has 2 bridgehead atoms. The number of halogens is 3. The van der Waals surface area contributed by atoms with Crippen molar-refractivity contribution in [1.29, 1.82) is 0 Å². The van der Waals surface area contributed by atoms with Crippen molar-refractivity contribution in [3.63, 3.8) is 0 Å². The van der Waals surface area contributed by atoms with Crippen LogP contribution < -0.4 is 0 Å². The highest BCUT2D eigenvalue weighted by molar-refractivity contribution is 5.59. The number of hydrogen-bond acceptors (Lipinski definition) is 2. The third-order valence-corrected chi connectivity index (χ3v) is 4.88. The monoisotopic (exact) mass is 309 g/mol. The molecule has 6 heteroatoms. The molecule has 1 fully saturated rings. The molecule has 0 saturated heterocycles. The zero-order chi connectivity index (χ0) is 15.6. The second kappa shape index (κ2) is 4.21. The molecule has 1 heterocycles. The van der Waals surface area contributed by atoms with Crippen LogP contribution in [0.3, 0.4) is 0 Å². The van der Waals surface area contributed by atoms with Crippen LogP contribution in [-0.2, 0) is 6.18 Å². The molecule has 1 saturated carbocycles. The molecule has 0 amide bonds. The second-order valence-corrected chi connectivity index (χ2v) is 6.06. The summed E-state index contributed by atoms with van der Waals surface area (Å²) in [6, 6.07) is 4.64. The lowest BCUT2D eigenvalue weighted by atomic mass is 9.95. The Labute approximate surface area is 124 Å². The summed E-state index contributed by atoms with van der Waals surface area (Å²) < 4.78 is 39.7. The first-order valence-corrected chi connectivity index (χ1v) is 7.22. The summed E-state index contributed by atoms with van der Waals surface area (Å²) in [5, 5.41) is 20.8. The van der Waals surface area contributed by atoms with Gasteiger partial charge in [-0.1, -0.05) is 6.07 Å². The highest BCUT2D eigenvalue weighted by Crippen LogP contribution is 2.60. The quantitative estimate of drug-likeness (QED) is 0.826. The van der Waals surface area contributed by atoms with Crippen LogP contribution >= 0.6 is 0 Å². The van der Waals surface area contributed by atoms with Crippen molar-refractivity contribution in [2.75, 3.05) is 0 Å². The van der Waals surface area contributed by atoms with E-state index in [2.05, 4.69) is 0 Å². The van der Waals surface area contributed by atoms with Crippen molar-refractivity contribution >= 4 is 0 Å². The minimum atomic E-state index is -4.46. The van der Waals surface area contributed by atoms with E-state index in [0.29, 0.717) is 11.1 Å². The molecule has 2 N–H and O–H groups in total. The zero-order valence-corrected chi connectivity index (χ0v) is 11.6. The third-order valence-electron chi connectivity index (χ3n) is 4.88. The Morgan fingerprint density at radius 3 is 2.14 bits per heavy atom. The van der Waals surface area contributed by atoms with Crippen molar-refractivity contribution in [3.8, 4) is 17.4 Å². The van der Waals surface area contributed by atoms with Gasteiger partial charge in [0.25, 0.3) is 0 Å². The molecule has 22 heavy (non-hydrogen) atoms. The first kappa shape index (κ1) is 13.5. The van der Waals surface area contributed by atoms with Crippen molar-refractivity contribution < 1.29 is 23.4 Å². The van der Waals surface area contributed by atoms with E-state index in [9.17, 15) is 23.4 Å². The fourth-order valence-electron chi connectivity index (χ4n) is 3.96. The lowest BCUT2D eigenvalue weighted by Crippen LogP contribution is -2.06. The number of benzene rings is 1. The molecular formula is C16H14F3NO2. The van der Waals surface area contributed by atoms with Crippen molar-refractivity contribution in [2.45, 2.75) is 37.3 Å². The van der Waals surface area contributed by atoms with Gasteiger partial charge in [-0.05, 0) is 49.3 Å². The van der Waals surface area contributed by atoms with E-state index in [-0.39, 0.29) is 29.3 Å². The van der Waals surface area contributed by atoms with Gasteiger partial charge in [-0.2, -0.15) is 13.2 Å². The Hall–Kier alpha value is -2.11. The van der Waals surface area contributed by atoms with Crippen LogP contribution in [0.5, 0.6) is 11.8 Å². The van der Waals surface area contributed by atoms with Gasteiger partial charge in [0.05, 0.1) is 11.3 Å². The van der Waals surface area contributed by atoms with Gasteiger partial charge in [0.1, 0.15) is 0 Å². The molecule has 0 spiro atoms. The average Bonchev–Trinajstić information content (AvgIpc) is 3.12. The number of hydrogen-bond donors (Lipinski definition) is 2. The predicted octanol–water partition coefficient (Wildman–Crippen LogP) is 4.27. The van der Waals surface area contributed by atoms with E-state index in [0.717, 1.165) is 36.0 Å². The van der Waals surface area contributed by atoms with Gasteiger partial charge in [-0.15, -0.1) is 0 Å². The predicted molar refractivity (Wildman–Crippen MR) is 73.4 cm³/mol. The number of fused-ring (bicyclic) bond motifs is 5. The van der Waals surface area contributed by atoms with Crippen molar-refractivity contribution in [2.24, 2.45) is 0 Å². The SMILES string of the molecule is Oc1c2c(c(O)n1-c1cccc(C(F)(F)F)c1)[C@H]1CC[C@@H]2C1. The first-order valence-electron chi connectivity index (χ1n) is 7.22. The molecular weight excluding hydrogens is 295 g/mol. The third kappa shape index (κ3) is 1.69. The molecule has 0 radical (unpaired) electrons. The van der Waals surface area contributed by atoms with E-state index >= 15 is 0 Å². The maximum absolute atomic E-state index is 12.8. The molecule has 3 nitrogen and oxygen atoms in total. The minimum absolute atomic E-state index is 0.124. The summed E-state index contributed by atoms with van der Waals surface area (Å²) in [6.45, 7) is 0. The minimum Gasteiger partial charge on any atom is -0.494 e. The standard InChI is InChI=1S/C16H14F3NO2/c17-16(18,19)10-2-1-3-11(7-10)20-14(21)12-8-4-5-9(6-8)13(12)15(20)22/h1-3,7-9,21-22H,4-6H2/t8-,9+. The van der Waals surface area contributed by atoms with Crippen molar-refractivity contribution in [1.82, 2.24) is 4.57 Å². The number of alkyl halides is 3. The number of aromatic nitrogens is 1. The summed E-state index contributed by atoms with van der Waals surface area (Å²) in [5.74, 6) is 0.161. The van der Waals surface area contributed by atoms with Gasteiger partial charge in [-0.3, -0.25) is 4.57 Å². The normalized spacial score (nSPS) is 23.0. The van der Waals surface area contributed by atoms with E-state index in [4.69, 9.17) is 0 Å². The topological polar surface area (TPSA) is 45.4 Å². The smallest absolute Gasteiger partial charge is 0.416 e. The summed E-state index contributed by atoms with van der Waals surface area (Å²) in [4.78, 5) is 0. The molecule has 0 aliphatic heterocycles. The molecule has 1 aromatic heterocycles. The Morgan fingerprint density at radius 2 is 1.59 bits per heavy atom. The summed E-state index contributed by atoms with van der Waals surface area (Å²) in [5.41, 5.74) is 0.747. The Kier molecular flexibility index (Phi) is 2.59. The van der Waals surface area contributed by atoms with Gasteiger partial charge >= 0.3 is 6.18 Å². The maximum atomic E-state index is 12.8. The van der Waals surface area contributed by atoms with E-state index in [1.807, 2.05) is 0 Å². The fourth-order valence-corrected chi connectivity index (χ4v) is 3.96. The molecule has 116 valence electrons. The number of aromatic hydroxyl groups is 2. The Balaban J connectivity index is 1.89. The zero-order valence-electron chi connectivity index (χ0n) is 11.6. The fraction of sp³-hybridized carbons (Fsp3) is 0.375. The molecule has 2 aromatic rings. The van der Waals surface area contributed by atoms with Crippen LogP contribution in [0.1, 0.15) is 47.8 Å². The highest BCUT2D eigenvalue weighted by Gasteiger charge is 2.44. The molecule has 2 aliphatic rings. The largest absolute Gasteiger partial charge is 0.494 e. The number of nitrogens with zero attached hydrogens (tertiary/aromatic N) is 1. The molecule has 2 aliphatic carbocycles. The number of rotatable bonds is 1. The van der Waals surface area contributed by atoms with Gasteiger partial charge in [0, 0.05) is 11.1 Å². The van der Waals surface area contributed by atoms with Crippen LogP contribution in [0.15, 0.2) is 24.3 Å². The van der Waals surface area contributed by atoms with Crippen LogP contribution in [0.2, 0.25) is 0 Å². The van der Waals surface area contributed by atoms with Crippen molar-refractivity contribution in [3.05, 3.63) is 41.0 Å². The highest BCUT2D eigenvalue weighted by atomic mass is 19.4. The van der Waals surface area contributed by atoms with Gasteiger partial charge in [0.2, 0.25) is 11.8 Å². The summed E-state index contributed by atoms with van der Waals surface area (Å²) >= 11 is 0. The van der Waals surface area contributed by atoms with Gasteiger partial charge < -0.3 is 10.2 Å². The maximum Gasteiger partial charge on any atom is 0.416 e. The Bertz CT molecular complexity index is 730. The average molecular weight is 309 g/mol. The first-order chi connectivity index (χ1) is 10.4. The van der Waals surface area contributed by atoms with Gasteiger partial charge in [0.15, 0.2) is 0 Å². The van der Waals surface area contributed by atoms with E-state index in [1.165, 1.54) is 12.1 Å². The van der Waals surface area contributed by atoms with E-state index < -0.39 is 11.7 Å². The summed E-state index contributed by atoms with van der Waals surface area (Å²) in [6.07, 6.45) is -1.64. The molecule has 2 atom stereocenters. The van der Waals surface area contributed by atoms with Crippen LogP contribution in [0, 0.1) is 0 Å².